The molecule has 166 valence electrons. The Labute approximate surface area is 188 Å². The smallest absolute Gasteiger partial charge is 0.288 e. The second kappa shape index (κ2) is 11.3. The summed E-state index contributed by atoms with van der Waals surface area (Å²) in [5.41, 5.74) is 1.12. The molecule has 1 amide bonds. The Bertz CT molecular complexity index is 714. The highest BCUT2D eigenvalue weighted by Crippen LogP contribution is 2.40. The number of hydrogen-bond donors (Lipinski definition) is 1. The monoisotopic (exact) mass is 479 g/mol. The Morgan fingerprint density at radius 3 is 2.57 bits per heavy atom. The van der Waals surface area contributed by atoms with Crippen molar-refractivity contribution in [3.05, 3.63) is 46.1 Å². The summed E-state index contributed by atoms with van der Waals surface area (Å²) in [5.74, 6) is 0.354. The molecule has 3 atom stereocenters. The minimum absolute atomic E-state index is 0.00587. The fourth-order valence-electron chi connectivity index (χ4n) is 4.63. The number of benzene rings is 1. The number of ether oxygens (including phenoxy) is 2. The van der Waals surface area contributed by atoms with Gasteiger partial charge < -0.3 is 19.5 Å². The van der Waals surface area contributed by atoms with Crippen LogP contribution in [0, 0.1) is 5.92 Å². The lowest BCUT2D eigenvalue weighted by Crippen LogP contribution is -2.43. The molecule has 6 heteroatoms. The lowest BCUT2D eigenvalue weighted by Gasteiger charge is -2.39. The van der Waals surface area contributed by atoms with Crippen molar-refractivity contribution in [1.29, 1.82) is 0 Å². The fourth-order valence-corrected chi connectivity index (χ4v) is 4.89. The Hall–Kier alpha value is -1.37. The van der Waals surface area contributed by atoms with Gasteiger partial charge in [-0.1, -0.05) is 47.3 Å². The minimum atomic E-state index is -0.501. The van der Waals surface area contributed by atoms with Crippen molar-refractivity contribution in [2.45, 2.75) is 70.1 Å². The summed E-state index contributed by atoms with van der Waals surface area (Å²) < 4.78 is 13.1. The van der Waals surface area contributed by atoms with E-state index in [1.54, 1.807) is 0 Å². The van der Waals surface area contributed by atoms with E-state index in [0.29, 0.717) is 18.8 Å². The number of likely N-dealkylation sites (N-methyl/N-ethyl adjacent to an activating group) is 1. The van der Waals surface area contributed by atoms with Crippen LogP contribution in [0.15, 0.2) is 40.6 Å². The second-order valence-corrected chi connectivity index (χ2v) is 9.20. The summed E-state index contributed by atoms with van der Waals surface area (Å²) in [6.45, 7) is 2.57. The average molecular weight is 480 g/mol. The van der Waals surface area contributed by atoms with Gasteiger partial charge in [-0.3, -0.25) is 4.79 Å². The molecule has 0 spiro atoms. The maximum absolute atomic E-state index is 13.3. The van der Waals surface area contributed by atoms with Crippen molar-refractivity contribution >= 4 is 21.8 Å². The first-order valence-corrected chi connectivity index (χ1v) is 12.0. The molecule has 2 aliphatic rings. The first-order valence-electron chi connectivity index (χ1n) is 11.2. The summed E-state index contributed by atoms with van der Waals surface area (Å²) in [6.07, 6.45) is 8.62. The van der Waals surface area contributed by atoms with E-state index in [2.05, 4.69) is 28.1 Å². The number of hydrogen-bond acceptors (Lipinski definition) is 4. The van der Waals surface area contributed by atoms with Crippen molar-refractivity contribution in [3.8, 4) is 0 Å². The predicted octanol–water partition coefficient (Wildman–Crippen LogP) is 4.99. The van der Waals surface area contributed by atoms with Gasteiger partial charge in [-0.2, -0.15) is 0 Å². The standard InChI is InChI=1S/C24H34BrNO4/c1-3-29-24-20(10-7-15-27)21(17-11-13-18(25)14-12-17)16-22(30-24)23(28)26(2)19-8-5-4-6-9-19/h11-14,16,19-21,24,27H,3-10,15H2,1-2H3/t20-,21+,24+/m0/s1. The quantitative estimate of drug-likeness (QED) is 0.570. The zero-order valence-electron chi connectivity index (χ0n) is 18.1. The van der Waals surface area contributed by atoms with Gasteiger partial charge in [0.05, 0.1) is 0 Å². The van der Waals surface area contributed by atoms with Crippen molar-refractivity contribution < 1.29 is 19.4 Å². The third-order valence-corrected chi connectivity index (χ3v) is 6.85. The summed E-state index contributed by atoms with van der Waals surface area (Å²) >= 11 is 3.50. The summed E-state index contributed by atoms with van der Waals surface area (Å²) in [7, 11) is 1.89. The van der Waals surface area contributed by atoms with Crippen molar-refractivity contribution in [3.63, 3.8) is 0 Å². The summed E-state index contributed by atoms with van der Waals surface area (Å²) in [6, 6.07) is 8.48. The highest BCUT2D eigenvalue weighted by atomic mass is 79.9. The van der Waals surface area contributed by atoms with Crippen LogP contribution in [0.1, 0.15) is 63.4 Å². The molecule has 1 N–H and O–H groups in total. The molecule has 1 saturated carbocycles. The van der Waals surface area contributed by atoms with Gasteiger partial charge in [-0.15, -0.1) is 0 Å². The van der Waals surface area contributed by atoms with E-state index >= 15 is 0 Å². The number of carbonyl (C=O) groups excluding carboxylic acids is 1. The summed E-state index contributed by atoms with van der Waals surface area (Å²) in [4.78, 5) is 15.2. The number of rotatable bonds is 8. The van der Waals surface area contributed by atoms with Crippen molar-refractivity contribution in [1.82, 2.24) is 4.90 Å². The molecule has 1 aromatic rings. The number of aliphatic hydroxyl groups excluding tert-OH is 1. The van der Waals surface area contributed by atoms with E-state index in [4.69, 9.17) is 9.47 Å². The first-order chi connectivity index (χ1) is 14.5. The van der Waals surface area contributed by atoms with Crippen molar-refractivity contribution in [2.24, 2.45) is 5.92 Å². The molecule has 1 fully saturated rings. The Morgan fingerprint density at radius 1 is 1.23 bits per heavy atom. The van der Waals surface area contributed by atoms with Crippen LogP contribution in [0.3, 0.4) is 0 Å². The van der Waals surface area contributed by atoms with Gasteiger partial charge in [0.25, 0.3) is 5.91 Å². The molecule has 0 radical (unpaired) electrons. The predicted molar refractivity (Wildman–Crippen MR) is 121 cm³/mol. The first kappa shape index (κ1) is 23.3. The minimum Gasteiger partial charge on any atom is -0.459 e. The molecular formula is C24H34BrNO4. The highest BCUT2D eigenvalue weighted by Gasteiger charge is 2.39. The lowest BCUT2D eigenvalue weighted by molar-refractivity contribution is -0.170. The van der Waals surface area contributed by atoms with Crippen molar-refractivity contribution in [2.75, 3.05) is 20.3 Å². The zero-order chi connectivity index (χ0) is 21.5. The number of allylic oxidation sites excluding steroid dienone is 1. The largest absolute Gasteiger partial charge is 0.459 e. The van der Waals surface area contributed by atoms with Gasteiger partial charge in [-0.05, 0) is 56.4 Å². The van der Waals surface area contributed by atoms with E-state index < -0.39 is 6.29 Å². The molecule has 5 nitrogen and oxygen atoms in total. The Balaban J connectivity index is 1.90. The van der Waals surface area contributed by atoms with E-state index in [1.165, 1.54) is 19.3 Å². The third kappa shape index (κ3) is 5.65. The van der Waals surface area contributed by atoms with Gasteiger partial charge in [0, 0.05) is 42.6 Å². The van der Waals surface area contributed by atoms with Crippen LogP contribution in [0.2, 0.25) is 0 Å². The molecule has 0 bridgehead atoms. The Kier molecular flexibility index (Phi) is 8.78. The van der Waals surface area contributed by atoms with Crippen LogP contribution in [0.5, 0.6) is 0 Å². The number of carbonyl (C=O) groups is 1. The van der Waals surface area contributed by atoms with E-state index in [1.807, 2.05) is 37.1 Å². The summed E-state index contributed by atoms with van der Waals surface area (Å²) in [5, 5.41) is 9.40. The van der Waals surface area contributed by atoms with Gasteiger partial charge in [-0.25, -0.2) is 0 Å². The molecular weight excluding hydrogens is 446 g/mol. The van der Waals surface area contributed by atoms with Gasteiger partial charge in [0.15, 0.2) is 5.76 Å². The number of amides is 1. The topological polar surface area (TPSA) is 59.0 Å². The zero-order valence-corrected chi connectivity index (χ0v) is 19.6. The molecule has 1 aliphatic heterocycles. The molecule has 1 heterocycles. The van der Waals surface area contributed by atoms with Crippen LogP contribution < -0.4 is 0 Å². The molecule has 1 aliphatic carbocycles. The van der Waals surface area contributed by atoms with Gasteiger partial charge >= 0.3 is 0 Å². The van der Waals surface area contributed by atoms with Gasteiger partial charge in [0.2, 0.25) is 6.29 Å². The molecule has 0 saturated heterocycles. The van der Waals surface area contributed by atoms with Crippen LogP contribution in [0.25, 0.3) is 0 Å². The molecule has 0 unspecified atom stereocenters. The number of halogens is 1. The SMILES string of the molecule is CCO[C@@H]1OC(C(=O)N(C)C2CCCCC2)=C[C@H](c2ccc(Br)cc2)[C@@H]1CCCO. The number of aliphatic hydroxyl groups is 1. The van der Waals surface area contributed by atoms with E-state index in [0.717, 1.165) is 29.3 Å². The molecule has 3 rings (SSSR count). The normalized spacial score (nSPS) is 24.8. The Morgan fingerprint density at radius 2 is 1.93 bits per heavy atom. The number of nitrogens with zero attached hydrogens (tertiary/aromatic N) is 1. The van der Waals surface area contributed by atoms with E-state index in [-0.39, 0.29) is 30.4 Å². The molecule has 30 heavy (non-hydrogen) atoms. The van der Waals surface area contributed by atoms with E-state index in [9.17, 15) is 9.90 Å². The lowest BCUT2D eigenvalue weighted by atomic mass is 9.80. The fraction of sp³-hybridized carbons (Fsp3) is 0.625. The highest BCUT2D eigenvalue weighted by molar-refractivity contribution is 9.10. The van der Waals surface area contributed by atoms with Crippen LogP contribution in [-0.4, -0.2) is 48.5 Å². The molecule has 1 aromatic carbocycles. The van der Waals surface area contributed by atoms with Crippen LogP contribution >= 0.6 is 15.9 Å². The molecule has 0 aromatic heterocycles. The van der Waals surface area contributed by atoms with Gasteiger partial charge in [0.1, 0.15) is 0 Å². The average Bonchev–Trinajstić information content (AvgIpc) is 2.78. The maximum Gasteiger partial charge on any atom is 0.288 e. The third-order valence-electron chi connectivity index (χ3n) is 6.32. The second-order valence-electron chi connectivity index (χ2n) is 8.29. The van der Waals surface area contributed by atoms with Crippen LogP contribution in [0.4, 0.5) is 0 Å². The van der Waals surface area contributed by atoms with Crippen LogP contribution in [-0.2, 0) is 14.3 Å². The maximum atomic E-state index is 13.3.